The van der Waals surface area contributed by atoms with Crippen molar-refractivity contribution in [2.75, 3.05) is 39.3 Å². The van der Waals surface area contributed by atoms with Gasteiger partial charge >= 0.3 is 5.97 Å². The summed E-state index contributed by atoms with van der Waals surface area (Å²) in [6.07, 6.45) is 0. The molecule has 0 spiro atoms. The van der Waals surface area contributed by atoms with Crippen molar-refractivity contribution >= 4 is 23.2 Å². The fourth-order valence-corrected chi connectivity index (χ4v) is 2.69. The van der Waals surface area contributed by atoms with Gasteiger partial charge in [0.2, 0.25) is 0 Å². The Kier molecular flexibility index (Phi) is 4.89. The van der Waals surface area contributed by atoms with Crippen LogP contribution in [0.4, 0.5) is 0 Å². The van der Waals surface area contributed by atoms with Crippen molar-refractivity contribution in [3.8, 4) is 0 Å². The summed E-state index contributed by atoms with van der Waals surface area (Å²) in [5, 5.41) is 14.9. The molecule has 1 aliphatic heterocycles. The number of piperazine rings is 1. The minimum atomic E-state index is -0.995. The summed E-state index contributed by atoms with van der Waals surface area (Å²) >= 11 is 1.000. The lowest BCUT2D eigenvalue weighted by molar-refractivity contribution is 0.0702. The van der Waals surface area contributed by atoms with Crippen molar-refractivity contribution in [3.05, 3.63) is 21.9 Å². The number of nitrogens with one attached hydrogen (secondary N) is 2. The number of carbonyl (C=O) groups excluding carboxylic acids is 1. The quantitative estimate of drug-likeness (QED) is 0.713. The van der Waals surface area contributed by atoms with E-state index >= 15 is 0 Å². The predicted octanol–water partition coefficient (Wildman–Crippen LogP) is 0.0813. The van der Waals surface area contributed by atoms with E-state index in [1.165, 1.54) is 6.07 Å². The molecule has 0 aromatic carbocycles. The van der Waals surface area contributed by atoms with E-state index in [0.29, 0.717) is 11.4 Å². The second-order valence-corrected chi connectivity index (χ2v) is 5.40. The third-order valence-corrected chi connectivity index (χ3v) is 4.04. The van der Waals surface area contributed by atoms with Gasteiger partial charge in [-0.3, -0.25) is 9.69 Å². The number of amides is 1. The first-order chi connectivity index (χ1) is 9.16. The van der Waals surface area contributed by atoms with Crippen LogP contribution in [0.3, 0.4) is 0 Å². The monoisotopic (exact) mass is 283 g/mol. The van der Waals surface area contributed by atoms with Gasteiger partial charge in [-0.05, 0) is 12.1 Å². The average molecular weight is 283 g/mol. The third kappa shape index (κ3) is 4.02. The topological polar surface area (TPSA) is 81.7 Å². The number of aromatic carboxylic acids is 1. The first-order valence-corrected chi connectivity index (χ1v) is 7.03. The molecule has 19 heavy (non-hydrogen) atoms. The van der Waals surface area contributed by atoms with Gasteiger partial charge in [0.15, 0.2) is 0 Å². The van der Waals surface area contributed by atoms with E-state index in [2.05, 4.69) is 15.5 Å². The molecule has 1 amide bonds. The normalized spacial score (nSPS) is 16.2. The highest BCUT2D eigenvalue weighted by atomic mass is 32.1. The molecule has 1 aromatic heterocycles. The molecule has 1 fully saturated rings. The standard InChI is InChI=1S/C12H17N3O3S/c16-11(9-1-2-10(19-9)12(17)18)14-5-8-15-6-3-13-4-7-15/h1-2,13H,3-8H2,(H,14,16)(H,17,18). The lowest BCUT2D eigenvalue weighted by Crippen LogP contribution is -2.46. The Morgan fingerprint density at radius 1 is 1.32 bits per heavy atom. The molecule has 0 bridgehead atoms. The number of nitrogens with zero attached hydrogens (tertiary/aromatic N) is 1. The highest BCUT2D eigenvalue weighted by molar-refractivity contribution is 7.15. The van der Waals surface area contributed by atoms with Crippen LogP contribution in [0.2, 0.25) is 0 Å². The maximum atomic E-state index is 11.8. The second kappa shape index (κ2) is 6.65. The lowest BCUT2D eigenvalue weighted by Gasteiger charge is -2.26. The Balaban J connectivity index is 1.75. The highest BCUT2D eigenvalue weighted by Gasteiger charge is 2.13. The van der Waals surface area contributed by atoms with Crippen LogP contribution in [0, 0.1) is 0 Å². The smallest absolute Gasteiger partial charge is 0.345 e. The molecule has 2 rings (SSSR count). The molecule has 0 radical (unpaired) electrons. The van der Waals surface area contributed by atoms with Gasteiger partial charge in [-0.1, -0.05) is 0 Å². The number of hydrogen-bond donors (Lipinski definition) is 3. The van der Waals surface area contributed by atoms with Gasteiger partial charge < -0.3 is 15.7 Å². The zero-order chi connectivity index (χ0) is 13.7. The summed E-state index contributed by atoms with van der Waals surface area (Å²) < 4.78 is 0. The fourth-order valence-electron chi connectivity index (χ4n) is 1.92. The Bertz CT molecular complexity index is 455. The van der Waals surface area contributed by atoms with Gasteiger partial charge in [-0.15, -0.1) is 11.3 Å². The number of carbonyl (C=O) groups is 2. The Labute approximate surface area is 115 Å². The molecular formula is C12H17N3O3S. The highest BCUT2D eigenvalue weighted by Crippen LogP contribution is 2.15. The van der Waals surface area contributed by atoms with Crippen LogP contribution < -0.4 is 10.6 Å². The van der Waals surface area contributed by atoms with E-state index < -0.39 is 5.97 Å². The molecule has 1 aliphatic rings. The Morgan fingerprint density at radius 2 is 2.00 bits per heavy atom. The van der Waals surface area contributed by atoms with E-state index in [-0.39, 0.29) is 10.8 Å². The molecule has 0 aliphatic carbocycles. The van der Waals surface area contributed by atoms with Gasteiger partial charge in [0, 0.05) is 39.3 Å². The fraction of sp³-hybridized carbons (Fsp3) is 0.500. The molecule has 104 valence electrons. The predicted molar refractivity (Wildman–Crippen MR) is 72.9 cm³/mol. The van der Waals surface area contributed by atoms with Gasteiger partial charge in [0.25, 0.3) is 5.91 Å². The molecule has 6 nitrogen and oxygen atoms in total. The van der Waals surface area contributed by atoms with Crippen molar-refractivity contribution < 1.29 is 14.7 Å². The van der Waals surface area contributed by atoms with E-state index in [0.717, 1.165) is 44.1 Å². The largest absolute Gasteiger partial charge is 0.477 e. The minimum absolute atomic E-state index is 0.187. The van der Waals surface area contributed by atoms with Crippen molar-refractivity contribution in [3.63, 3.8) is 0 Å². The molecule has 7 heteroatoms. The van der Waals surface area contributed by atoms with Gasteiger partial charge in [-0.2, -0.15) is 0 Å². The molecule has 0 atom stereocenters. The molecule has 1 saturated heterocycles. The summed E-state index contributed by atoms with van der Waals surface area (Å²) in [6.45, 7) is 5.38. The molecule has 2 heterocycles. The van der Waals surface area contributed by atoms with Crippen LogP contribution in [-0.2, 0) is 0 Å². The first kappa shape index (κ1) is 14.0. The number of carboxylic acids is 1. The van der Waals surface area contributed by atoms with Crippen LogP contribution in [0.15, 0.2) is 12.1 Å². The Hall–Kier alpha value is -1.44. The van der Waals surface area contributed by atoms with E-state index in [9.17, 15) is 9.59 Å². The average Bonchev–Trinajstić information content (AvgIpc) is 2.89. The number of thiophene rings is 1. The number of carboxylic acid groups (broad SMARTS) is 1. The van der Waals surface area contributed by atoms with Crippen molar-refractivity contribution in [1.29, 1.82) is 0 Å². The summed E-state index contributed by atoms with van der Waals surface area (Å²) in [7, 11) is 0. The summed E-state index contributed by atoms with van der Waals surface area (Å²) in [5.74, 6) is -1.20. The van der Waals surface area contributed by atoms with Crippen LogP contribution in [0.5, 0.6) is 0 Å². The van der Waals surface area contributed by atoms with Crippen molar-refractivity contribution in [2.24, 2.45) is 0 Å². The maximum absolute atomic E-state index is 11.8. The second-order valence-electron chi connectivity index (χ2n) is 4.32. The molecule has 3 N–H and O–H groups in total. The SMILES string of the molecule is O=C(O)c1ccc(C(=O)NCCN2CCNCC2)s1. The summed E-state index contributed by atoms with van der Waals surface area (Å²) in [5.41, 5.74) is 0. The Morgan fingerprint density at radius 3 is 2.63 bits per heavy atom. The van der Waals surface area contributed by atoms with Crippen LogP contribution in [-0.4, -0.2) is 61.2 Å². The zero-order valence-electron chi connectivity index (χ0n) is 10.5. The zero-order valence-corrected chi connectivity index (χ0v) is 11.3. The lowest BCUT2D eigenvalue weighted by atomic mass is 10.3. The maximum Gasteiger partial charge on any atom is 0.345 e. The molecule has 0 saturated carbocycles. The summed E-state index contributed by atoms with van der Waals surface area (Å²) in [4.78, 5) is 25.4. The third-order valence-electron chi connectivity index (χ3n) is 2.96. The molecule has 1 aromatic rings. The van der Waals surface area contributed by atoms with Crippen molar-refractivity contribution in [2.45, 2.75) is 0 Å². The van der Waals surface area contributed by atoms with E-state index in [1.807, 2.05) is 0 Å². The molecular weight excluding hydrogens is 266 g/mol. The van der Waals surface area contributed by atoms with Crippen molar-refractivity contribution in [1.82, 2.24) is 15.5 Å². The van der Waals surface area contributed by atoms with Gasteiger partial charge in [-0.25, -0.2) is 4.79 Å². The van der Waals surface area contributed by atoms with E-state index in [1.54, 1.807) is 6.07 Å². The number of rotatable bonds is 5. The van der Waals surface area contributed by atoms with E-state index in [4.69, 9.17) is 5.11 Å². The molecule has 0 unspecified atom stereocenters. The summed E-state index contributed by atoms with van der Waals surface area (Å²) in [6, 6.07) is 3.01. The number of hydrogen-bond acceptors (Lipinski definition) is 5. The van der Waals surface area contributed by atoms with Gasteiger partial charge in [0.1, 0.15) is 4.88 Å². The first-order valence-electron chi connectivity index (χ1n) is 6.21. The van der Waals surface area contributed by atoms with Crippen LogP contribution in [0.1, 0.15) is 19.3 Å². The van der Waals surface area contributed by atoms with Crippen LogP contribution in [0.25, 0.3) is 0 Å². The van der Waals surface area contributed by atoms with Gasteiger partial charge in [0.05, 0.1) is 4.88 Å². The van der Waals surface area contributed by atoms with Crippen LogP contribution >= 0.6 is 11.3 Å². The minimum Gasteiger partial charge on any atom is -0.477 e.